The summed E-state index contributed by atoms with van der Waals surface area (Å²) in [6.45, 7) is 3.68. The van der Waals surface area contributed by atoms with Crippen molar-refractivity contribution in [2.75, 3.05) is 20.0 Å². The summed E-state index contributed by atoms with van der Waals surface area (Å²) in [6.07, 6.45) is 3.60. The number of fused-ring (bicyclic) bond motifs is 1. The molecule has 210 valence electrons. The monoisotopic (exact) mass is 608 g/mol. The van der Waals surface area contributed by atoms with Crippen molar-refractivity contribution in [2.45, 2.75) is 24.8 Å². The normalized spacial score (nSPS) is 15.0. The molecule has 2 aromatic heterocycles. The number of thioether (sulfide) groups is 1. The second kappa shape index (κ2) is 11.9. The van der Waals surface area contributed by atoms with Gasteiger partial charge in [0.2, 0.25) is 0 Å². The first-order chi connectivity index (χ1) is 19.7. The largest absolute Gasteiger partial charge is 0.465 e. The van der Waals surface area contributed by atoms with Crippen molar-refractivity contribution in [1.29, 1.82) is 0 Å². The smallest absolute Gasteiger partial charge is 0.338 e. The third-order valence-electron chi connectivity index (χ3n) is 6.50. The van der Waals surface area contributed by atoms with Crippen LogP contribution in [0, 0.1) is 0 Å². The number of nitrogens with zero attached hydrogens (tertiary/aromatic N) is 2. The molecule has 1 atom stereocenters. The van der Waals surface area contributed by atoms with E-state index in [0.29, 0.717) is 48.3 Å². The van der Waals surface area contributed by atoms with E-state index in [1.807, 2.05) is 30.5 Å². The summed E-state index contributed by atoms with van der Waals surface area (Å²) in [7, 11) is 1.30. The molecule has 1 aliphatic rings. The number of carbonyl (C=O) groups excluding carboxylic acids is 2. The van der Waals surface area contributed by atoms with Gasteiger partial charge in [0.25, 0.3) is 5.56 Å². The first-order valence-electron chi connectivity index (χ1n) is 12.6. The van der Waals surface area contributed by atoms with Crippen LogP contribution in [0.2, 0.25) is 5.02 Å². The predicted molar refractivity (Wildman–Crippen MR) is 159 cm³/mol. The van der Waals surface area contributed by atoms with Gasteiger partial charge in [-0.25, -0.2) is 14.6 Å². The highest BCUT2D eigenvalue weighted by Gasteiger charge is 2.33. The van der Waals surface area contributed by atoms with Gasteiger partial charge in [-0.2, -0.15) is 0 Å². The van der Waals surface area contributed by atoms with Gasteiger partial charge in [0, 0.05) is 21.6 Å². The number of carbonyl (C=O) groups is 2. The van der Waals surface area contributed by atoms with E-state index in [1.54, 1.807) is 62.0 Å². The van der Waals surface area contributed by atoms with Crippen molar-refractivity contribution in [3.05, 3.63) is 107 Å². The number of allylic oxidation sites excluding steroid dienone is 1. The maximum Gasteiger partial charge on any atom is 0.338 e. The zero-order chi connectivity index (χ0) is 29.3. The lowest BCUT2D eigenvalue weighted by atomic mass is 9.96. The number of hydrogen-bond acceptors (Lipinski definition) is 9. The Kier molecular flexibility index (Phi) is 8.35. The van der Waals surface area contributed by atoms with E-state index >= 15 is 0 Å². The fourth-order valence-electron chi connectivity index (χ4n) is 4.61. The molecule has 11 heteroatoms. The number of hydrogen-bond donors (Lipinski definition) is 0. The molecule has 41 heavy (non-hydrogen) atoms. The lowest BCUT2D eigenvalue weighted by Gasteiger charge is -2.24. The van der Waals surface area contributed by atoms with E-state index in [-0.39, 0.29) is 12.2 Å². The SMILES string of the molecule is CCOC(=O)C1=C(C)N=c2s/c(=C/c3ccc(-c4cc(Cl)ccc4C(=O)OC)o3)c(=O)n2[C@H]1c1ccc(SC)cc1. The van der Waals surface area contributed by atoms with Crippen molar-refractivity contribution in [2.24, 2.45) is 4.99 Å². The number of esters is 2. The zero-order valence-electron chi connectivity index (χ0n) is 22.6. The van der Waals surface area contributed by atoms with Crippen LogP contribution in [0.5, 0.6) is 0 Å². The minimum Gasteiger partial charge on any atom is -0.465 e. The summed E-state index contributed by atoms with van der Waals surface area (Å²) >= 11 is 8.98. The number of furan rings is 1. The summed E-state index contributed by atoms with van der Waals surface area (Å²) < 4.78 is 18.2. The van der Waals surface area contributed by atoms with Gasteiger partial charge in [0.15, 0.2) is 4.80 Å². The van der Waals surface area contributed by atoms with Crippen LogP contribution in [0.15, 0.2) is 85.0 Å². The van der Waals surface area contributed by atoms with Crippen molar-refractivity contribution in [3.8, 4) is 11.3 Å². The van der Waals surface area contributed by atoms with Gasteiger partial charge in [-0.05, 0) is 68.1 Å². The summed E-state index contributed by atoms with van der Waals surface area (Å²) in [5.41, 5.74) is 2.02. The topological polar surface area (TPSA) is 100 Å². The number of rotatable bonds is 7. The molecule has 0 saturated heterocycles. The average molecular weight is 609 g/mol. The Morgan fingerprint density at radius 1 is 1.15 bits per heavy atom. The fraction of sp³-hybridized carbons (Fsp3) is 0.200. The van der Waals surface area contributed by atoms with Crippen molar-refractivity contribution in [3.63, 3.8) is 0 Å². The molecule has 4 aromatic rings. The lowest BCUT2D eigenvalue weighted by Crippen LogP contribution is -2.39. The number of methoxy groups -OCH3 is 1. The van der Waals surface area contributed by atoms with E-state index in [0.717, 1.165) is 10.5 Å². The molecule has 8 nitrogen and oxygen atoms in total. The first kappa shape index (κ1) is 28.7. The Morgan fingerprint density at radius 3 is 2.59 bits per heavy atom. The van der Waals surface area contributed by atoms with Crippen LogP contribution in [0.4, 0.5) is 0 Å². The van der Waals surface area contributed by atoms with Crippen LogP contribution < -0.4 is 14.9 Å². The van der Waals surface area contributed by atoms with E-state index in [9.17, 15) is 14.4 Å². The molecule has 3 heterocycles. The molecule has 0 fully saturated rings. The molecule has 5 rings (SSSR count). The number of ether oxygens (including phenoxy) is 2. The molecule has 0 aliphatic carbocycles. The second-order valence-electron chi connectivity index (χ2n) is 8.96. The number of halogens is 1. The van der Waals surface area contributed by atoms with E-state index in [4.69, 9.17) is 25.5 Å². The van der Waals surface area contributed by atoms with Gasteiger partial charge >= 0.3 is 11.9 Å². The van der Waals surface area contributed by atoms with Crippen molar-refractivity contribution in [1.82, 2.24) is 4.57 Å². The Labute approximate surface area is 248 Å². The lowest BCUT2D eigenvalue weighted by molar-refractivity contribution is -0.139. The van der Waals surface area contributed by atoms with Gasteiger partial charge in [-0.15, -0.1) is 11.8 Å². The minimum atomic E-state index is -0.704. The van der Waals surface area contributed by atoms with Gasteiger partial charge in [0.1, 0.15) is 11.5 Å². The average Bonchev–Trinajstić information content (AvgIpc) is 3.56. The molecule has 0 saturated carbocycles. The maximum atomic E-state index is 13.8. The van der Waals surface area contributed by atoms with Crippen LogP contribution in [0.3, 0.4) is 0 Å². The molecular weight excluding hydrogens is 584 g/mol. The van der Waals surface area contributed by atoms with E-state index in [2.05, 4.69) is 4.99 Å². The molecule has 0 amide bonds. The summed E-state index contributed by atoms with van der Waals surface area (Å²) in [6, 6.07) is 15.2. The van der Waals surface area contributed by atoms with E-state index in [1.165, 1.54) is 23.0 Å². The van der Waals surface area contributed by atoms with Crippen LogP contribution in [-0.4, -0.2) is 36.5 Å². The van der Waals surface area contributed by atoms with Crippen LogP contribution >= 0.6 is 34.7 Å². The molecular formula is C30H25ClN2O6S2. The van der Waals surface area contributed by atoms with Crippen molar-refractivity contribution < 1.29 is 23.5 Å². The highest BCUT2D eigenvalue weighted by atomic mass is 35.5. The molecule has 0 N–H and O–H groups in total. The molecule has 0 spiro atoms. The highest BCUT2D eigenvalue weighted by molar-refractivity contribution is 7.98. The quantitative estimate of drug-likeness (QED) is 0.209. The predicted octanol–water partition coefficient (Wildman–Crippen LogP) is 5.22. The van der Waals surface area contributed by atoms with Gasteiger partial charge < -0.3 is 13.9 Å². The highest BCUT2D eigenvalue weighted by Crippen LogP contribution is 2.32. The summed E-state index contributed by atoms with van der Waals surface area (Å²) in [4.78, 5) is 45.3. The maximum absolute atomic E-state index is 13.8. The third kappa shape index (κ3) is 5.55. The van der Waals surface area contributed by atoms with Gasteiger partial charge in [-0.3, -0.25) is 9.36 Å². The Bertz CT molecular complexity index is 1870. The summed E-state index contributed by atoms with van der Waals surface area (Å²) in [5.74, 6) is -0.260. The number of aromatic nitrogens is 1. The van der Waals surface area contributed by atoms with Gasteiger partial charge in [-0.1, -0.05) is 35.1 Å². The first-order valence-corrected chi connectivity index (χ1v) is 15.0. The standard InChI is InChI=1S/C30H25ClN2O6S2/c1-5-38-29(36)25-16(2)32-30-33(26(25)17-6-10-20(40-4)11-7-17)27(34)24(41-30)15-19-9-13-23(39-19)22-14-18(31)8-12-21(22)28(35)37-3/h6-15,26H,5H2,1-4H3/b24-15+/t26-/m0/s1. The minimum absolute atomic E-state index is 0.198. The van der Waals surface area contributed by atoms with Crippen LogP contribution in [0.1, 0.15) is 41.6 Å². The molecule has 0 bridgehead atoms. The van der Waals surface area contributed by atoms with Crippen molar-refractivity contribution >= 4 is 52.7 Å². The van der Waals surface area contributed by atoms with E-state index < -0.39 is 18.0 Å². The van der Waals surface area contributed by atoms with Gasteiger partial charge in [0.05, 0.1) is 41.1 Å². The Hall–Kier alpha value is -3.86. The molecule has 0 unspecified atom stereocenters. The number of benzene rings is 2. The zero-order valence-corrected chi connectivity index (χ0v) is 25.0. The van der Waals surface area contributed by atoms with Crippen LogP contribution in [0.25, 0.3) is 17.4 Å². The Balaban J connectivity index is 1.63. The molecule has 0 radical (unpaired) electrons. The fourth-order valence-corrected chi connectivity index (χ4v) is 6.21. The van der Waals surface area contributed by atoms with Crippen LogP contribution in [-0.2, 0) is 14.3 Å². The summed E-state index contributed by atoms with van der Waals surface area (Å²) in [5, 5.41) is 0.428. The number of thiazole rings is 1. The third-order valence-corrected chi connectivity index (χ3v) is 8.46. The Morgan fingerprint density at radius 2 is 1.90 bits per heavy atom. The molecule has 1 aliphatic heterocycles. The molecule has 2 aromatic carbocycles. The second-order valence-corrected chi connectivity index (χ2v) is 11.3.